The van der Waals surface area contributed by atoms with Gasteiger partial charge in [-0.1, -0.05) is 24.3 Å². The maximum atomic E-state index is 13.0. The lowest BCUT2D eigenvalue weighted by atomic mass is 9.99. The van der Waals surface area contributed by atoms with E-state index in [1.807, 2.05) is 41.3 Å². The summed E-state index contributed by atoms with van der Waals surface area (Å²) in [6.07, 6.45) is 4.41. The van der Waals surface area contributed by atoms with Crippen LogP contribution in [0.4, 0.5) is 0 Å². The van der Waals surface area contributed by atoms with Crippen LogP contribution in [0.15, 0.2) is 67.0 Å². The van der Waals surface area contributed by atoms with Gasteiger partial charge in [0.2, 0.25) is 0 Å². The highest BCUT2D eigenvalue weighted by Crippen LogP contribution is 2.23. The normalized spacial score (nSPS) is 13.6. The van der Waals surface area contributed by atoms with Crippen molar-refractivity contribution in [3.63, 3.8) is 0 Å². The minimum absolute atomic E-state index is 0.0592. The Bertz CT molecular complexity index is 1130. The number of imidazole rings is 1. The van der Waals surface area contributed by atoms with Gasteiger partial charge in [-0.3, -0.25) is 9.78 Å². The van der Waals surface area contributed by atoms with Gasteiger partial charge in [0, 0.05) is 36.6 Å². The molecule has 5 rings (SSSR count). The summed E-state index contributed by atoms with van der Waals surface area (Å²) in [5.74, 6) is 0.818. The fourth-order valence-corrected chi connectivity index (χ4v) is 3.63. The molecular formula is C22H18N4O. The van der Waals surface area contributed by atoms with Gasteiger partial charge in [0.15, 0.2) is 0 Å². The van der Waals surface area contributed by atoms with Crippen LogP contribution in [0.1, 0.15) is 21.5 Å². The topological polar surface area (TPSA) is 61.9 Å². The molecule has 27 heavy (non-hydrogen) atoms. The van der Waals surface area contributed by atoms with Gasteiger partial charge in [0.05, 0.1) is 11.0 Å². The zero-order chi connectivity index (χ0) is 18.2. The average molecular weight is 354 g/mol. The minimum atomic E-state index is 0.0592. The predicted octanol–water partition coefficient (Wildman–Crippen LogP) is 3.82. The lowest BCUT2D eigenvalue weighted by molar-refractivity contribution is 0.0735. The lowest BCUT2D eigenvalue weighted by Gasteiger charge is -2.29. The first kappa shape index (κ1) is 15.8. The third-order valence-electron chi connectivity index (χ3n) is 5.08. The van der Waals surface area contributed by atoms with Crippen molar-refractivity contribution in [1.29, 1.82) is 0 Å². The smallest absolute Gasteiger partial charge is 0.254 e. The Morgan fingerprint density at radius 3 is 2.78 bits per heavy atom. The maximum absolute atomic E-state index is 13.0. The molecule has 5 heteroatoms. The van der Waals surface area contributed by atoms with Crippen LogP contribution in [0.25, 0.3) is 22.4 Å². The highest BCUT2D eigenvalue weighted by molar-refractivity contribution is 5.97. The number of aromatic nitrogens is 3. The van der Waals surface area contributed by atoms with Gasteiger partial charge in [-0.25, -0.2) is 4.98 Å². The van der Waals surface area contributed by atoms with E-state index in [9.17, 15) is 4.79 Å². The number of H-pyrrole nitrogens is 1. The van der Waals surface area contributed by atoms with Crippen molar-refractivity contribution in [2.75, 3.05) is 6.54 Å². The van der Waals surface area contributed by atoms with Crippen LogP contribution in [0.3, 0.4) is 0 Å². The number of hydrogen-bond acceptors (Lipinski definition) is 3. The number of carbonyl (C=O) groups excluding carboxylic acids is 1. The Kier molecular flexibility index (Phi) is 3.71. The van der Waals surface area contributed by atoms with E-state index < -0.39 is 0 Å². The molecule has 0 fully saturated rings. The first-order valence-electron chi connectivity index (χ1n) is 9.04. The average Bonchev–Trinajstić information content (AvgIpc) is 3.17. The number of carbonyl (C=O) groups is 1. The molecule has 132 valence electrons. The summed E-state index contributed by atoms with van der Waals surface area (Å²) in [7, 11) is 0. The lowest BCUT2D eigenvalue weighted by Crippen LogP contribution is -2.35. The molecule has 0 unspecified atom stereocenters. The number of amides is 1. The van der Waals surface area contributed by atoms with Crippen molar-refractivity contribution >= 4 is 16.9 Å². The SMILES string of the molecule is O=C(c1ccc2nc(-c3cccnc3)[nH]c2c1)N1CCc2ccccc2C1. The van der Waals surface area contributed by atoms with E-state index in [4.69, 9.17) is 0 Å². The van der Waals surface area contributed by atoms with E-state index in [1.54, 1.807) is 12.4 Å². The number of fused-ring (bicyclic) bond motifs is 2. The number of nitrogens with one attached hydrogen (secondary N) is 1. The number of aromatic amines is 1. The molecule has 0 aliphatic carbocycles. The second-order valence-electron chi connectivity index (χ2n) is 6.80. The molecule has 0 bridgehead atoms. The molecule has 0 radical (unpaired) electrons. The largest absolute Gasteiger partial charge is 0.338 e. The second-order valence-corrected chi connectivity index (χ2v) is 6.80. The maximum Gasteiger partial charge on any atom is 0.254 e. The zero-order valence-electron chi connectivity index (χ0n) is 14.7. The standard InChI is InChI=1S/C22H18N4O/c27-22(26-11-9-15-4-1-2-5-18(15)14-26)16-7-8-19-20(12-16)25-21(24-19)17-6-3-10-23-13-17/h1-8,10,12-13H,9,11,14H2,(H,24,25). The minimum Gasteiger partial charge on any atom is -0.338 e. The quantitative estimate of drug-likeness (QED) is 0.595. The summed E-state index contributed by atoms with van der Waals surface area (Å²) in [4.78, 5) is 27.0. The second kappa shape index (κ2) is 6.36. The Morgan fingerprint density at radius 1 is 1.04 bits per heavy atom. The summed E-state index contributed by atoms with van der Waals surface area (Å²) in [6.45, 7) is 1.41. The molecular weight excluding hydrogens is 336 g/mol. The van der Waals surface area contributed by atoms with Crippen LogP contribution in [0.2, 0.25) is 0 Å². The molecule has 2 aromatic carbocycles. The zero-order valence-corrected chi connectivity index (χ0v) is 14.7. The van der Waals surface area contributed by atoms with E-state index >= 15 is 0 Å². The Labute approximate surface area is 156 Å². The van der Waals surface area contributed by atoms with E-state index in [0.29, 0.717) is 12.1 Å². The number of hydrogen-bond donors (Lipinski definition) is 1. The molecule has 4 aromatic rings. The van der Waals surface area contributed by atoms with Crippen molar-refractivity contribution in [3.05, 3.63) is 83.7 Å². The van der Waals surface area contributed by atoms with Crippen molar-refractivity contribution in [2.24, 2.45) is 0 Å². The van der Waals surface area contributed by atoms with Gasteiger partial charge in [-0.15, -0.1) is 0 Å². The molecule has 1 N–H and O–H groups in total. The van der Waals surface area contributed by atoms with E-state index in [1.165, 1.54) is 11.1 Å². The fourth-order valence-electron chi connectivity index (χ4n) is 3.63. The highest BCUT2D eigenvalue weighted by atomic mass is 16.2. The summed E-state index contributed by atoms with van der Waals surface area (Å²) in [5.41, 5.74) is 5.88. The number of nitrogens with zero attached hydrogens (tertiary/aromatic N) is 3. The Hall–Kier alpha value is -3.47. The molecule has 5 nitrogen and oxygen atoms in total. The Balaban J connectivity index is 1.44. The number of benzene rings is 2. The Morgan fingerprint density at radius 2 is 1.93 bits per heavy atom. The highest BCUT2D eigenvalue weighted by Gasteiger charge is 2.22. The van der Waals surface area contributed by atoms with E-state index in [-0.39, 0.29) is 5.91 Å². The van der Waals surface area contributed by atoms with Crippen LogP contribution in [0.5, 0.6) is 0 Å². The van der Waals surface area contributed by atoms with E-state index in [2.05, 4.69) is 33.2 Å². The van der Waals surface area contributed by atoms with Gasteiger partial charge < -0.3 is 9.88 Å². The third-order valence-corrected chi connectivity index (χ3v) is 5.08. The summed E-state index contributed by atoms with van der Waals surface area (Å²) in [5, 5.41) is 0. The fraction of sp³-hybridized carbons (Fsp3) is 0.136. The number of pyridine rings is 1. The van der Waals surface area contributed by atoms with E-state index in [0.717, 1.165) is 35.4 Å². The van der Waals surface area contributed by atoms with Crippen molar-refractivity contribution < 1.29 is 4.79 Å². The van der Waals surface area contributed by atoms with Crippen molar-refractivity contribution in [2.45, 2.75) is 13.0 Å². The first-order chi connectivity index (χ1) is 13.3. The molecule has 2 aromatic heterocycles. The summed E-state index contributed by atoms with van der Waals surface area (Å²) in [6, 6.07) is 17.8. The van der Waals surface area contributed by atoms with Crippen LogP contribution >= 0.6 is 0 Å². The predicted molar refractivity (Wildman–Crippen MR) is 104 cm³/mol. The van der Waals surface area contributed by atoms with Gasteiger partial charge in [-0.05, 0) is 47.9 Å². The number of rotatable bonds is 2. The molecule has 3 heterocycles. The van der Waals surface area contributed by atoms with Gasteiger partial charge >= 0.3 is 0 Å². The molecule has 0 saturated heterocycles. The molecule has 0 saturated carbocycles. The first-order valence-corrected chi connectivity index (χ1v) is 9.04. The summed E-state index contributed by atoms with van der Waals surface area (Å²) < 4.78 is 0. The van der Waals surface area contributed by atoms with Gasteiger partial charge in [-0.2, -0.15) is 0 Å². The van der Waals surface area contributed by atoms with Crippen LogP contribution in [0, 0.1) is 0 Å². The van der Waals surface area contributed by atoms with Crippen LogP contribution < -0.4 is 0 Å². The van der Waals surface area contributed by atoms with Crippen LogP contribution in [-0.4, -0.2) is 32.3 Å². The van der Waals surface area contributed by atoms with Crippen molar-refractivity contribution in [3.8, 4) is 11.4 Å². The van der Waals surface area contributed by atoms with Crippen molar-refractivity contribution in [1.82, 2.24) is 19.9 Å². The van der Waals surface area contributed by atoms with Crippen LogP contribution in [-0.2, 0) is 13.0 Å². The van der Waals surface area contributed by atoms with Gasteiger partial charge in [0.1, 0.15) is 5.82 Å². The summed E-state index contributed by atoms with van der Waals surface area (Å²) >= 11 is 0. The molecule has 1 aliphatic heterocycles. The molecule has 1 amide bonds. The monoisotopic (exact) mass is 354 g/mol. The third kappa shape index (κ3) is 2.87. The molecule has 0 spiro atoms. The molecule has 1 aliphatic rings. The van der Waals surface area contributed by atoms with Gasteiger partial charge in [0.25, 0.3) is 5.91 Å². The molecule has 0 atom stereocenters.